The molecule has 1 rings (SSSR count). The van der Waals surface area contributed by atoms with E-state index in [1.807, 2.05) is 0 Å². The number of ether oxygens (including phenoxy) is 2. The number of hydrogen-bond acceptors (Lipinski definition) is 6. The summed E-state index contributed by atoms with van der Waals surface area (Å²) in [5.41, 5.74) is 0. The molecule has 0 aromatic rings. The van der Waals surface area contributed by atoms with Gasteiger partial charge in [-0.15, -0.1) is 0 Å². The first-order valence-electron chi connectivity index (χ1n) is 5.00. The molecular weight excluding hydrogens is 255 g/mol. The van der Waals surface area contributed by atoms with E-state index >= 15 is 0 Å². The average molecular weight is 272 g/mol. The monoisotopic (exact) mass is 272 g/mol. The van der Waals surface area contributed by atoms with Crippen molar-refractivity contribution in [3.05, 3.63) is 0 Å². The second-order valence-corrected chi connectivity index (χ2v) is 5.14. The van der Waals surface area contributed by atoms with Crippen LogP contribution in [0.4, 0.5) is 0 Å². The van der Waals surface area contributed by atoms with E-state index < -0.39 is 44.9 Å². The van der Waals surface area contributed by atoms with Gasteiger partial charge in [0.15, 0.2) is 6.29 Å². The minimum Gasteiger partial charge on any atom is -0.390 e. The Kier molecular flexibility index (Phi) is 5.06. The van der Waals surface area contributed by atoms with Crippen molar-refractivity contribution in [2.45, 2.75) is 31.5 Å². The normalized spacial score (nSPS) is 39.3. The first-order chi connectivity index (χ1) is 7.76. The van der Waals surface area contributed by atoms with Crippen molar-refractivity contribution < 1.29 is 38.6 Å². The Bertz CT molecular complexity index is 289. The van der Waals surface area contributed by atoms with Crippen molar-refractivity contribution in [3.8, 4) is 0 Å². The number of methoxy groups -OCH3 is 1. The van der Waals surface area contributed by atoms with Gasteiger partial charge in [-0.25, -0.2) is 4.57 Å². The number of aliphatic hydroxyl groups is 2. The van der Waals surface area contributed by atoms with Crippen molar-refractivity contribution in [1.29, 1.82) is 0 Å². The molecule has 17 heavy (non-hydrogen) atoms. The van der Waals surface area contributed by atoms with E-state index in [1.165, 1.54) is 7.11 Å². The Balaban J connectivity index is 2.62. The lowest BCUT2D eigenvalue weighted by atomic mass is 9.91. The summed E-state index contributed by atoms with van der Waals surface area (Å²) >= 11 is 0. The first-order valence-corrected chi connectivity index (χ1v) is 6.53. The number of phosphoric ester groups is 1. The zero-order valence-corrected chi connectivity index (χ0v) is 10.4. The summed E-state index contributed by atoms with van der Waals surface area (Å²) < 4.78 is 24.9. The molecule has 1 saturated heterocycles. The van der Waals surface area contributed by atoms with E-state index in [0.717, 1.165) is 0 Å². The van der Waals surface area contributed by atoms with Crippen LogP contribution in [0, 0.1) is 5.92 Å². The van der Waals surface area contributed by atoms with Crippen molar-refractivity contribution in [3.63, 3.8) is 0 Å². The van der Waals surface area contributed by atoms with Gasteiger partial charge >= 0.3 is 7.82 Å². The lowest BCUT2D eigenvalue weighted by Crippen LogP contribution is -2.55. The summed E-state index contributed by atoms with van der Waals surface area (Å²) in [6.45, 7) is 1.18. The Morgan fingerprint density at radius 2 is 1.88 bits per heavy atom. The van der Waals surface area contributed by atoms with Crippen molar-refractivity contribution in [2.24, 2.45) is 5.92 Å². The van der Waals surface area contributed by atoms with E-state index in [1.54, 1.807) is 6.92 Å². The maximum atomic E-state index is 10.6. The van der Waals surface area contributed by atoms with Crippen LogP contribution in [0.15, 0.2) is 0 Å². The molecule has 0 amide bonds. The molecular formula is C8H17O8P. The molecule has 0 bridgehead atoms. The fraction of sp³-hybridized carbons (Fsp3) is 1.00. The van der Waals surface area contributed by atoms with Gasteiger partial charge in [-0.05, 0) is 0 Å². The molecule has 0 aromatic heterocycles. The fourth-order valence-corrected chi connectivity index (χ4v) is 1.97. The van der Waals surface area contributed by atoms with E-state index in [-0.39, 0.29) is 0 Å². The quantitative estimate of drug-likeness (QED) is 0.471. The average Bonchev–Trinajstić information content (AvgIpc) is 2.24. The number of phosphoric acid groups is 1. The third-order valence-electron chi connectivity index (χ3n) is 2.70. The SMILES string of the molecule is CO[C@H]1OC(COP(=O)(O)O)[C@@H](C)[C@@H](O)C1O. The summed E-state index contributed by atoms with van der Waals surface area (Å²) in [5.74, 6) is -0.539. The Morgan fingerprint density at radius 3 is 2.35 bits per heavy atom. The maximum Gasteiger partial charge on any atom is 0.469 e. The molecule has 0 radical (unpaired) electrons. The summed E-state index contributed by atoms with van der Waals surface area (Å²) in [4.78, 5) is 17.1. The van der Waals surface area contributed by atoms with Gasteiger partial charge in [0, 0.05) is 13.0 Å². The van der Waals surface area contributed by atoms with E-state index in [4.69, 9.17) is 19.3 Å². The van der Waals surface area contributed by atoms with Crippen LogP contribution in [0.2, 0.25) is 0 Å². The molecule has 0 aliphatic carbocycles. The van der Waals surface area contributed by atoms with Gasteiger partial charge in [0.2, 0.25) is 0 Å². The number of aliphatic hydroxyl groups excluding tert-OH is 2. The smallest absolute Gasteiger partial charge is 0.390 e. The zero-order chi connectivity index (χ0) is 13.2. The minimum absolute atomic E-state index is 0.394. The minimum atomic E-state index is -4.59. The van der Waals surface area contributed by atoms with E-state index in [2.05, 4.69) is 4.52 Å². The highest BCUT2D eigenvalue weighted by atomic mass is 31.2. The molecule has 1 heterocycles. The molecule has 0 aromatic carbocycles. The lowest BCUT2D eigenvalue weighted by molar-refractivity contribution is -0.279. The van der Waals surface area contributed by atoms with Crippen molar-refractivity contribution >= 4 is 7.82 Å². The highest BCUT2D eigenvalue weighted by molar-refractivity contribution is 7.46. The number of rotatable bonds is 4. The molecule has 0 saturated carbocycles. The van der Waals surface area contributed by atoms with Crippen LogP contribution in [0.1, 0.15) is 6.92 Å². The van der Waals surface area contributed by atoms with Gasteiger partial charge in [-0.3, -0.25) is 4.52 Å². The van der Waals surface area contributed by atoms with Gasteiger partial charge < -0.3 is 29.5 Å². The largest absolute Gasteiger partial charge is 0.469 e. The predicted molar refractivity (Wildman–Crippen MR) is 54.8 cm³/mol. The van der Waals surface area contributed by atoms with Gasteiger partial charge in [-0.1, -0.05) is 6.92 Å². The van der Waals surface area contributed by atoms with E-state index in [9.17, 15) is 14.8 Å². The van der Waals surface area contributed by atoms with Crippen molar-refractivity contribution in [1.82, 2.24) is 0 Å². The predicted octanol–water partition coefficient (Wildman–Crippen LogP) is -1.18. The third kappa shape index (κ3) is 3.97. The summed E-state index contributed by atoms with van der Waals surface area (Å²) in [6.07, 6.45) is -4.14. The molecule has 1 aliphatic heterocycles. The maximum absolute atomic E-state index is 10.6. The molecule has 2 unspecified atom stereocenters. The number of hydrogen-bond donors (Lipinski definition) is 4. The Hall–Kier alpha value is -0.0500. The molecule has 4 N–H and O–H groups in total. The van der Waals surface area contributed by atoms with Gasteiger partial charge in [-0.2, -0.15) is 0 Å². The highest BCUT2D eigenvalue weighted by Crippen LogP contribution is 2.37. The lowest BCUT2D eigenvalue weighted by Gasteiger charge is -2.40. The van der Waals surface area contributed by atoms with Gasteiger partial charge in [0.1, 0.15) is 6.10 Å². The van der Waals surface area contributed by atoms with Crippen molar-refractivity contribution in [2.75, 3.05) is 13.7 Å². The first kappa shape index (κ1) is 15.0. The molecule has 0 spiro atoms. The van der Waals surface area contributed by atoms with Crippen LogP contribution in [0.5, 0.6) is 0 Å². The molecule has 102 valence electrons. The van der Waals surface area contributed by atoms with Gasteiger partial charge in [0.05, 0.1) is 18.8 Å². The standard InChI is InChI=1S/C8H17O8P/c1-4-5(3-15-17(11,12)13)16-8(14-2)7(10)6(4)9/h4-10H,3H2,1-2H3,(H2,11,12,13)/t4-,5?,6-,7?,8+/m1/s1. The molecule has 1 fully saturated rings. The molecule has 5 atom stereocenters. The van der Waals surface area contributed by atoms with Crippen LogP contribution in [-0.4, -0.2) is 58.3 Å². The van der Waals surface area contributed by atoms with Crippen LogP contribution >= 0.6 is 7.82 Å². The Morgan fingerprint density at radius 1 is 1.29 bits per heavy atom. The van der Waals surface area contributed by atoms with Crippen LogP contribution in [0.3, 0.4) is 0 Å². The summed E-state index contributed by atoms with van der Waals surface area (Å²) in [6, 6.07) is 0. The topological polar surface area (TPSA) is 126 Å². The second kappa shape index (κ2) is 5.73. The molecule has 8 nitrogen and oxygen atoms in total. The Labute approximate surface area is 98.4 Å². The van der Waals surface area contributed by atoms with E-state index in [0.29, 0.717) is 0 Å². The van der Waals surface area contributed by atoms with Gasteiger partial charge in [0.25, 0.3) is 0 Å². The highest BCUT2D eigenvalue weighted by Gasteiger charge is 2.42. The van der Waals surface area contributed by atoms with Crippen LogP contribution in [-0.2, 0) is 18.6 Å². The zero-order valence-electron chi connectivity index (χ0n) is 9.46. The second-order valence-electron chi connectivity index (χ2n) is 3.91. The van der Waals surface area contributed by atoms with Crippen LogP contribution < -0.4 is 0 Å². The summed E-state index contributed by atoms with van der Waals surface area (Å²) in [5, 5.41) is 19.2. The molecule has 1 aliphatic rings. The fourth-order valence-electron chi connectivity index (χ4n) is 1.63. The third-order valence-corrected chi connectivity index (χ3v) is 3.19. The van der Waals surface area contributed by atoms with Crippen LogP contribution in [0.25, 0.3) is 0 Å². The summed E-state index contributed by atoms with van der Waals surface area (Å²) in [7, 11) is -3.30. The molecule has 9 heteroatoms.